The fourth-order valence-electron chi connectivity index (χ4n) is 3.50. The molecule has 4 nitrogen and oxygen atoms in total. The van der Waals surface area contributed by atoms with Gasteiger partial charge in [-0.1, -0.05) is 30.3 Å². The predicted molar refractivity (Wildman–Crippen MR) is 78.6 cm³/mol. The third kappa shape index (κ3) is 2.61. The fourth-order valence-corrected chi connectivity index (χ4v) is 3.50. The van der Waals surface area contributed by atoms with Gasteiger partial charge in [0.25, 0.3) is 0 Å². The topological polar surface area (TPSA) is 44.7 Å². The molecule has 2 N–H and O–H groups in total. The van der Waals surface area contributed by atoms with Crippen LogP contribution in [0.1, 0.15) is 18.4 Å². The van der Waals surface area contributed by atoms with Crippen LogP contribution in [0.15, 0.2) is 30.3 Å². The summed E-state index contributed by atoms with van der Waals surface area (Å²) < 4.78 is 5.89. The van der Waals surface area contributed by atoms with Gasteiger partial charge in [0.05, 0.1) is 24.4 Å². The molecule has 0 saturated carbocycles. The van der Waals surface area contributed by atoms with Crippen molar-refractivity contribution in [2.45, 2.75) is 30.6 Å². The maximum Gasteiger partial charge on any atom is 0.0795 e. The molecular weight excluding hydrogens is 252 g/mol. The summed E-state index contributed by atoms with van der Waals surface area (Å²) in [7, 11) is 1.93. The summed E-state index contributed by atoms with van der Waals surface area (Å²) in [6, 6.07) is 10.2. The molecule has 110 valence electrons. The minimum Gasteiger partial charge on any atom is -0.394 e. The molecule has 0 amide bonds. The Labute approximate surface area is 120 Å². The summed E-state index contributed by atoms with van der Waals surface area (Å²) >= 11 is 0. The second kappa shape index (κ2) is 5.82. The molecule has 1 aromatic rings. The van der Waals surface area contributed by atoms with Crippen molar-refractivity contribution >= 4 is 0 Å². The molecular formula is C16H24N2O2. The van der Waals surface area contributed by atoms with Gasteiger partial charge in [-0.2, -0.15) is 0 Å². The van der Waals surface area contributed by atoms with Crippen LogP contribution in [0.4, 0.5) is 0 Å². The molecule has 3 unspecified atom stereocenters. The number of hydrogen-bond acceptors (Lipinski definition) is 4. The number of likely N-dealkylation sites (tertiary alicyclic amines) is 1. The molecule has 0 aliphatic carbocycles. The third-order valence-corrected chi connectivity index (χ3v) is 4.69. The van der Waals surface area contributed by atoms with Crippen molar-refractivity contribution in [2.24, 2.45) is 0 Å². The average Bonchev–Trinajstić information content (AvgIpc) is 2.85. The molecule has 2 aliphatic rings. The van der Waals surface area contributed by atoms with Crippen LogP contribution in [0, 0.1) is 0 Å². The zero-order valence-electron chi connectivity index (χ0n) is 12.1. The maximum absolute atomic E-state index is 9.99. The van der Waals surface area contributed by atoms with E-state index in [1.165, 1.54) is 12.8 Å². The Morgan fingerprint density at radius 3 is 2.45 bits per heavy atom. The first kappa shape index (κ1) is 14.0. The number of aliphatic hydroxyl groups excluding tert-OH is 1. The normalized spacial score (nSPS) is 29.3. The molecule has 4 heteroatoms. The lowest BCUT2D eigenvalue weighted by Gasteiger charge is -2.40. The van der Waals surface area contributed by atoms with E-state index in [4.69, 9.17) is 4.74 Å². The highest BCUT2D eigenvalue weighted by atomic mass is 16.5. The molecule has 0 radical (unpaired) electrons. The van der Waals surface area contributed by atoms with Gasteiger partial charge in [-0.15, -0.1) is 0 Å². The van der Waals surface area contributed by atoms with E-state index in [0.717, 1.165) is 25.2 Å². The van der Waals surface area contributed by atoms with Gasteiger partial charge in [0, 0.05) is 19.6 Å². The van der Waals surface area contributed by atoms with Gasteiger partial charge in [-0.05, 0) is 25.5 Å². The maximum atomic E-state index is 9.99. The first-order chi connectivity index (χ1) is 9.75. The van der Waals surface area contributed by atoms with Crippen LogP contribution < -0.4 is 5.32 Å². The Morgan fingerprint density at radius 2 is 1.90 bits per heavy atom. The van der Waals surface area contributed by atoms with E-state index in [9.17, 15) is 5.11 Å². The number of morpholine rings is 1. The van der Waals surface area contributed by atoms with Crippen LogP contribution in [0.2, 0.25) is 0 Å². The summed E-state index contributed by atoms with van der Waals surface area (Å²) in [6.07, 6.45) is 3.13. The first-order valence-corrected chi connectivity index (χ1v) is 7.49. The summed E-state index contributed by atoms with van der Waals surface area (Å²) in [5.41, 5.74) is 0.752. The van der Waals surface area contributed by atoms with Crippen molar-refractivity contribution < 1.29 is 9.84 Å². The van der Waals surface area contributed by atoms with E-state index in [-0.39, 0.29) is 6.61 Å². The highest BCUT2D eigenvalue weighted by molar-refractivity contribution is 5.25. The van der Waals surface area contributed by atoms with Crippen LogP contribution in [-0.2, 0) is 10.3 Å². The van der Waals surface area contributed by atoms with Crippen LogP contribution in [0.5, 0.6) is 0 Å². The summed E-state index contributed by atoms with van der Waals surface area (Å²) in [5.74, 6) is 0. The van der Waals surface area contributed by atoms with Crippen LogP contribution in [0.25, 0.3) is 0 Å². The zero-order valence-corrected chi connectivity index (χ0v) is 12.1. The number of ether oxygens (including phenoxy) is 1. The standard InChI is InChI=1S/C16H24N2O2/c1-17-16(12-19,13-5-3-2-4-6-13)11-18-9-14-7-8-15(10-18)20-14/h2-6,14-15,17,19H,7-12H2,1H3. The van der Waals surface area contributed by atoms with E-state index in [0.29, 0.717) is 12.2 Å². The summed E-state index contributed by atoms with van der Waals surface area (Å²) in [5, 5.41) is 13.3. The third-order valence-electron chi connectivity index (χ3n) is 4.69. The lowest BCUT2D eigenvalue weighted by Crippen LogP contribution is -2.55. The number of rotatable bonds is 5. The average molecular weight is 276 g/mol. The molecule has 0 aromatic heterocycles. The van der Waals surface area contributed by atoms with Crippen molar-refractivity contribution in [3.63, 3.8) is 0 Å². The molecule has 3 rings (SSSR count). The molecule has 2 saturated heterocycles. The highest BCUT2D eigenvalue weighted by Gasteiger charge is 2.38. The number of aliphatic hydroxyl groups is 1. The Balaban J connectivity index is 1.77. The van der Waals surface area contributed by atoms with Gasteiger partial charge in [-0.3, -0.25) is 4.90 Å². The Morgan fingerprint density at radius 1 is 1.25 bits per heavy atom. The SMILES string of the molecule is CNC(CO)(CN1CC2CCC(C1)O2)c1ccccc1. The molecule has 2 fully saturated rings. The van der Waals surface area contributed by atoms with Crippen molar-refractivity contribution in [1.29, 1.82) is 0 Å². The minimum absolute atomic E-state index is 0.0974. The largest absolute Gasteiger partial charge is 0.394 e. The summed E-state index contributed by atoms with van der Waals surface area (Å²) in [4.78, 5) is 2.44. The van der Waals surface area contributed by atoms with Crippen molar-refractivity contribution in [3.8, 4) is 0 Å². The molecule has 20 heavy (non-hydrogen) atoms. The monoisotopic (exact) mass is 276 g/mol. The zero-order chi connectivity index (χ0) is 14.0. The summed E-state index contributed by atoms with van der Waals surface area (Å²) in [6.45, 7) is 2.88. The minimum atomic E-state index is -0.391. The van der Waals surface area contributed by atoms with E-state index >= 15 is 0 Å². The number of benzene rings is 1. The molecule has 1 aromatic carbocycles. The lowest BCUT2D eigenvalue weighted by atomic mass is 9.90. The molecule has 2 heterocycles. The van der Waals surface area contributed by atoms with Gasteiger partial charge < -0.3 is 15.2 Å². The number of fused-ring (bicyclic) bond motifs is 2. The molecule has 2 bridgehead atoms. The van der Waals surface area contributed by atoms with Crippen molar-refractivity contribution in [3.05, 3.63) is 35.9 Å². The Kier molecular flexibility index (Phi) is 4.08. The molecule has 3 atom stereocenters. The van der Waals surface area contributed by atoms with Crippen molar-refractivity contribution in [1.82, 2.24) is 10.2 Å². The highest BCUT2D eigenvalue weighted by Crippen LogP contribution is 2.29. The van der Waals surface area contributed by atoms with Crippen molar-refractivity contribution in [2.75, 3.05) is 33.3 Å². The molecule has 0 spiro atoms. The first-order valence-electron chi connectivity index (χ1n) is 7.49. The van der Waals surface area contributed by atoms with Gasteiger partial charge >= 0.3 is 0 Å². The second-order valence-electron chi connectivity index (χ2n) is 6.01. The van der Waals surface area contributed by atoms with Crippen LogP contribution in [0.3, 0.4) is 0 Å². The quantitative estimate of drug-likeness (QED) is 0.841. The number of nitrogens with zero attached hydrogens (tertiary/aromatic N) is 1. The van der Waals surface area contributed by atoms with E-state index < -0.39 is 5.54 Å². The smallest absolute Gasteiger partial charge is 0.0795 e. The Bertz CT molecular complexity index is 421. The van der Waals surface area contributed by atoms with Gasteiger partial charge in [0.1, 0.15) is 0 Å². The Hall–Kier alpha value is -0.940. The second-order valence-corrected chi connectivity index (χ2v) is 6.01. The van der Waals surface area contributed by atoms with E-state index in [2.05, 4.69) is 22.3 Å². The number of nitrogens with one attached hydrogen (secondary N) is 1. The number of likely N-dealkylation sites (N-methyl/N-ethyl adjacent to an activating group) is 1. The van der Waals surface area contributed by atoms with Gasteiger partial charge in [0.15, 0.2) is 0 Å². The molecule has 2 aliphatic heterocycles. The predicted octanol–water partition coefficient (Wildman–Crippen LogP) is 0.957. The van der Waals surface area contributed by atoms with E-state index in [1.54, 1.807) is 0 Å². The van der Waals surface area contributed by atoms with Gasteiger partial charge in [-0.25, -0.2) is 0 Å². The van der Waals surface area contributed by atoms with Crippen LogP contribution in [-0.4, -0.2) is 55.5 Å². The van der Waals surface area contributed by atoms with E-state index in [1.807, 2.05) is 25.2 Å². The lowest BCUT2D eigenvalue weighted by molar-refractivity contribution is -0.0498. The van der Waals surface area contributed by atoms with Gasteiger partial charge in [0.2, 0.25) is 0 Å². The van der Waals surface area contributed by atoms with Crippen LogP contribution >= 0.6 is 0 Å². The number of hydrogen-bond donors (Lipinski definition) is 2. The fraction of sp³-hybridized carbons (Fsp3) is 0.625.